The molecule has 2 aromatic heterocycles. The molecule has 5 nitrogen and oxygen atoms in total. The van der Waals surface area contributed by atoms with Crippen LogP contribution in [0, 0.1) is 5.92 Å². The van der Waals surface area contributed by atoms with Crippen molar-refractivity contribution in [3.05, 3.63) is 66.9 Å². The summed E-state index contributed by atoms with van der Waals surface area (Å²) in [4.78, 5) is 17.2. The molecule has 5 heteroatoms. The number of hydrogen-bond donors (Lipinski definition) is 1. The van der Waals surface area contributed by atoms with Crippen molar-refractivity contribution in [3.63, 3.8) is 0 Å². The number of aromatic nitrogens is 1. The van der Waals surface area contributed by atoms with Gasteiger partial charge in [-0.05, 0) is 42.7 Å². The molecule has 1 aliphatic carbocycles. The van der Waals surface area contributed by atoms with E-state index in [2.05, 4.69) is 22.4 Å². The zero-order chi connectivity index (χ0) is 21.2. The summed E-state index contributed by atoms with van der Waals surface area (Å²) < 4.78 is 11.7. The van der Waals surface area contributed by atoms with Crippen LogP contribution in [0.3, 0.4) is 0 Å². The average molecular weight is 412 g/mol. The number of anilines is 1. The lowest BCUT2D eigenvalue weighted by molar-refractivity contribution is -0.119. The van der Waals surface area contributed by atoms with E-state index < -0.39 is 0 Å². The van der Waals surface area contributed by atoms with E-state index in [-0.39, 0.29) is 11.8 Å². The first-order chi connectivity index (χ1) is 15.2. The van der Waals surface area contributed by atoms with E-state index >= 15 is 0 Å². The number of furan rings is 1. The summed E-state index contributed by atoms with van der Waals surface area (Å²) in [7, 11) is 1.61. The fourth-order valence-electron chi connectivity index (χ4n) is 4.31. The largest absolute Gasteiger partial charge is 0.495 e. The molecule has 5 rings (SSSR count). The van der Waals surface area contributed by atoms with Crippen molar-refractivity contribution in [1.82, 2.24) is 4.98 Å². The van der Waals surface area contributed by atoms with Gasteiger partial charge in [0, 0.05) is 29.3 Å². The van der Waals surface area contributed by atoms with Crippen molar-refractivity contribution in [3.8, 4) is 28.2 Å². The van der Waals surface area contributed by atoms with E-state index in [1.165, 1.54) is 0 Å². The number of fused-ring (bicyclic) bond motifs is 1. The van der Waals surface area contributed by atoms with Gasteiger partial charge in [0.15, 0.2) is 5.58 Å². The van der Waals surface area contributed by atoms with Gasteiger partial charge in [-0.25, -0.2) is 0 Å². The predicted molar refractivity (Wildman–Crippen MR) is 122 cm³/mol. The van der Waals surface area contributed by atoms with Crippen LogP contribution in [-0.2, 0) is 4.79 Å². The summed E-state index contributed by atoms with van der Waals surface area (Å²) in [5, 5.41) is 3.06. The van der Waals surface area contributed by atoms with E-state index in [4.69, 9.17) is 9.15 Å². The molecule has 1 fully saturated rings. The van der Waals surface area contributed by atoms with Crippen LogP contribution < -0.4 is 10.1 Å². The van der Waals surface area contributed by atoms with Gasteiger partial charge in [0.25, 0.3) is 0 Å². The molecule has 1 aliphatic rings. The van der Waals surface area contributed by atoms with Gasteiger partial charge in [-0.2, -0.15) is 0 Å². The predicted octanol–water partition coefficient (Wildman–Crippen LogP) is 6.30. The molecule has 1 N–H and O–H groups in total. The fourth-order valence-corrected chi connectivity index (χ4v) is 4.31. The number of carbonyl (C=O) groups excluding carboxylic acids is 1. The molecule has 1 saturated carbocycles. The van der Waals surface area contributed by atoms with Crippen molar-refractivity contribution in [2.45, 2.75) is 25.7 Å². The fraction of sp³-hybridized carbons (Fsp3) is 0.231. The van der Waals surface area contributed by atoms with Crippen LogP contribution in [0.25, 0.3) is 33.6 Å². The van der Waals surface area contributed by atoms with Gasteiger partial charge in [-0.1, -0.05) is 43.2 Å². The Balaban J connectivity index is 1.52. The molecule has 2 aromatic carbocycles. The highest BCUT2D eigenvalue weighted by molar-refractivity contribution is 5.96. The minimum absolute atomic E-state index is 0.0607. The molecule has 0 spiro atoms. The number of hydrogen-bond acceptors (Lipinski definition) is 4. The number of rotatable bonds is 5. The highest BCUT2D eigenvalue weighted by atomic mass is 16.5. The Kier molecular flexibility index (Phi) is 5.16. The molecule has 1 amide bonds. The Bertz CT molecular complexity index is 1220. The number of nitrogens with zero attached hydrogens (tertiary/aromatic N) is 1. The van der Waals surface area contributed by atoms with Crippen LogP contribution in [0.4, 0.5) is 5.69 Å². The van der Waals surface area contributed by atoms with Gasteiger partial charge >= 0.3 is 0 Å². The summed E-state index contributed by atoms with van der Waals surface area (Å²) in [6.07, 6.45) is 5.93. The molecule has 0 aliphatic heterocycles. The van der Waals surface area contributed by atoms with Crippen LogP contribution in [0.2, 0.25) is 0 Å². The molecule has 4 aromatic rings. The van der Waals surface area contributed by atoms with Crippen LogP contribution in [0.5, 0.6) is 5.75 Å². The topological polar surface area (TPSA) is 64.4 Å². The number of amides is 1. The summed E-state index contributed by atoms with van der Waals surface area (Å²) >= 11 is 0. The maximum atomic E-state index is 12.7. The first kappa shape index (κ1) is 19.4. The van der Waals surface area contributed by atoms with Crippen LogP contribution >= 0.6 is 0 Å². The van der Waals surface area contributed by atoms with E-state index in [1.807, 2.05) is 48.5 Å². The normalized spacial score (nSPS) is 14.1. The highest BCUT2D eigenvalue weighted by Gasteiger charge is 2.24. The van der Waals surface area contributed by atoms with Crippen molar-refractivity contribution in [2.75, 3.05) is 12.4 Å². The zero-order valence-electron chi connectivity index (χ0n) is 17.4. The average Bonchev–Trinajstić information content (AvgIpc) is 3.49. The summed E-state index contributed by atoms with van der Waals surface area (Å²) in [6, 6.07) is 19.7. The van der Waals surface area contributed by atoms with Gasteiger partial charge in [0.05, 0.1) is 12.8 Å². The second-order valence-corrected chi connectivity index (χ2v) is 7.94. The van der Waals surface area contributed by atoms with E-state index in [1.54, 1.807) is 13.3 Å². The maximum Gasteiger partial charge on any atom is 0.227 e. The van der Waals surface area contributed by atoms with Gasteiger partial charge in [-0.15, -0.1) is 0 Å². The summed E-state index contributed by atoms with van der Waals surface area (Å²) in [5.41, 5.74) is 5.14. The third-order valence-corrected chi connectivity index (χ3v) is 5.96. The van der Waals surface area contributed by atoms with Crippen LogP contribution in [-0.4, -0.2) is 18.0 Å². The number of methoxy groups -OCH3 is 1. The molecular formula is C26H24N2O3. The monoisotopic (exact) mass is 412 g/mol. The van der Waals surface area contributed by atoms with Gasteiger partial charge in [0.1, 0.15) is 17.0 Å². The van der Waals surface area contributed by atoms with Gasteiger partial charge in [-0.3, -0.25) is 9.78 Å². The minimum Gasteiger partial charge on any atom is -0.495 e. The maximum absolute atomic E-state index is 12.7. The second kappa shape index (κ2) is 8.26. The van der Waals surface area contributed by atoms with Gasteiger partial charge < -0.3 is 14.5 Å². The Morgan fingerprint density at radius 2 is 1.84 bits per heavy atom. The zero-order valence-corrected chi connectivity index (χ0v) is 17.4. The third-order valence-electron chi connectivity index (χ3n) is 5.96. The minimum atomic E-state index is 0.0607. The molecule has 0 atom stereocenters. The first-order valence-corrected chi connectivity index (χ1v) is 10.7. The van der Waals surface area contributed by atoms with E-state index in [0.717, 1.165) is 53.5 Å². The molecule has 0 unspecified atom stereocenters. The smallest absolute Gasteiger partial charge is 0.227 e. The van der Waals surface area contributed by atoms with Crippen molar-refractivity contribution < 1.29 is 13.9 Å². The first-order valence-electron chi connectivity index (χ1n) is 10.7. The molecule has 156 valence electrons. The van der Waals surface area contributed by atoms with Crippen molar-refractivity contribution in [1.29, 1.82) is 0 Å². The van der Waals surface area contributed by atoms with Crippen LogP contribution in [0.15, 0.2) is 71.3 Å². The third kappa shape index (κ3) is 3.79. The second-order valence-electron chi connectivity index (χ2n) is 7.94. The highest BCUT2D eigenvalue weighted by Crippen LogP contribution is 2.37. The number of nitrogens with one attached hydrogen (secondary N) is 1. The lowest BCUT2D eigenvalue weighted by atomic mass is 10.1. The van der Waals surface area contributed by atoms with Crippen molar-refractivity contribution in [2.24, 2.45) is 5.92 Å². The molecule has 0 saturated heterocycles. The number of ether oxygens (including phenoxy) is 1. The summed E-state index contributed by atoms with van der Waals surface area (Å²) in [5.74, 6) is 1.47. The molecular weight excluding hydrogens is 388 g/mol. The molecule has 0 radical (unpaired) electrons. The molecule has 2 heterocycles. The summed E-state index contributed by atoms with van der Waals surface area (Å²) in [6.45, 7) is 0. The SMILES string of the molecule is COc1ccc(-c2cc3nccc(-c4ccccc4)c3o2)cc1NC(=O)C1CCCC1. The number of carbonyl (C=O) groups is 1. The lowest BCUT2D eigenvalue weighted by Gasteiger charge is -2.14. The Hall–Kier alpha value is -3.60. The van der Waals surface area contributed by atoms with E-state index in [9.17, 15) is 4.79 Å². The Morgan fingerprint density at radius 1 is 1.03 bits per heavy atom. The lowest BCUT2D eigenvalue weighted by Crippen LogP contribution is -2.20. The Morgan fingerprint density at radius 3 is 2.61 bits per heavy atom. The quantitative estimate of drug-likeness (QED) is 0.418. The van der Waals surface area contributed by atoms with Gasteiger partial charge in [0.2, 0.25) is 5.91 Å². The van der Waals surface area contributed by atoms with E-state index in [0.29, 0.717) is 17.2 Å². The number of pyridine rings is 1. The standard InChI is InChI=1S/C26H24N2O3/c1-30-23-12-11-19(15-21(23)28-26(29)18-9-5-6-10-18)24-16-22-25(31-24)20(13-14-27-22)17-7-3-2-4-8-17/h2-4,7-8,11-16,18H,5-6,9-10H2,1H3,(H,28,29). The number of benzene rings is 2. The molecule has 0 bridgehead atoms. The Labute approximate surface area is 181 Å². The van der Waals surface area contributed by atoms with Crippen LogP contribution in [0.1, 0.15) is 25.7 Å². The van der Waals surface area contributed by atoms with Crippen molar-refractivity contribution >= 4 is 22.7 Å². The molecule has 31 heavy (non-hydrogen) atoms.